The van der Waals surface area contributed by atoms with Crippen LogP contribution in [0.25, 0.3) is 32.7 Å². The van der Waals surface area contributed by atoms with E-state index < -0.39 is 20.0 Å². The molecule has 93 heavy (non-hydrogen) atoms. The number of H-pyrrole nitrogens is 3. The predicted octanol–water partition coefficient (Wildman–Crippen LogP) is 9.38. The normalized spacial score (nSPS) is 19.8. The summed E-state index contributed by atoms with van der Waals surface area (Å²) in [5.41, 5.74) is 12.0. The van der Waals surface area contributed by atoms with E-state index in [0.717, 1.165) is 151 Å². The van der Waals surface area contributed by atoms with Gasteiger partial charge in [0, 0.05) is 208 Å². The number of amides is 3. The van der Waals surface area contributed by atoms with Gasteiger partial charge >= 0.3 is 0 Å². The summed E-state index contributed by atoms with van der Waals surface area (Å²) in [5.74, 6) is 2.77. The third kappa shape index (κ3) is 15.9. The van der Waals surface area contributed by atoms with Crippen LogP contribution in [0.15, 0.2) is 134 Å². The first kappa shape index (κ1) is 66.3. The number of para-hydroxylation sites is 4. The van der Waals surface area contributed by atoms with Crippen LogP contribution in [-0.2, 0) is 34.4 Å². The van der Waals surface area contributed by atoms with Crippen molar-refractivity contribution in [3.05, 3.63) is 151 Å². The summed E-state index contributed by atoms with van der Waals surface area (Å²) in [6.45, 7) is 19.3. The number of nitrogens with one attached hydrogen (secondary N) is 5. The number of nitrogens with zero attached hydrogens (tertiary/aromatic N) is 8. The summed E-state index contributed by atoms with van der Waals surface area (Å²) < 4.78 is 62.3. The number of piperidine rings is 2. The Morgan fingerprint density at radius 3 is 1.17 bits per heavy atom. The molecular weight excluding hydrogens is 1220 g/mol. The van der Waals surface area contributed by atoms with E-state index in [1.807, 2.05) is 51.4 Å². The number of carbonyl (C=O) groups is 3. The van der Waals surface area contributed by atoms with Gasteiger partial charge in [-0.3, -0.25) is 14.4 Å². The summed E-state index contributed by atoms with van der Waals surface area (Å²) in [4.78, 5) is 56.1. The second kappa shape index (κ2) is 29.4. The molecule has 5 aromatic carbocycles. The van der Waals surface area contributed by atoms with Crippen molar-refractivity contribution in [3.8, 4) is 0 Å². The third-order valence-electron chi connectivity index (χ3n) is 19.8. The highest BCUT2D eigenvalue weighted by molar-refractivity contribution is 7.88. The standard InChI is InChI=1S/C15H20N2O.C14H16FN3O.C14H17N3O.C14H20N2O2S.C13H17N3O2S/c1-11(18)17-8-6-12(7-9-17)14-10-16-15-5-3-2-4-13(14)15;1-10(19)17-4-6-18(7-5-17)14-9-16-13-8-11(15)2-3-12(13)14;1-11(18)16-6-8-17(9-7-16)14-10-15-13-5-3-2-4-12(13)14;1-19(17,18)16-8-6-11(7-9-16)13-10-15-14-5-3-2-4-12(13)14;1-19(17,18)16-8-6-15(7-9-16)13-10-14-12-5-3-2-4-11(12)13/h2-5,12,14,16H,6-10H2,1H3;2-3,8-9,16H,4-7H2,1H3;2-5,10,15H,6-9H2,1H3;2-5,11,13,15H,6-10H2,1H3;2-5,10,14H,6-9H2,1H3. The monoisotopic (exact) mass is 1310 g/mol. The van der Waals surface area contributed by atoms with Crippen LogP contribution in [0.2, 0.25) is 0 Å². The highest BCUT2D eigenvalue weighted by Gasteiger charge is 2.35. The van der Waals surface area contributed by atoms with Gasteiger partial charge in [-0.05, 0) is 91.1 Å². The SMILES string of the molecule is CC(=O)N1CCC(C2CNc3ccccc32)CC1.CC(=O)N1CCN(c2c[nH]c3cc(F)ccc23)CC1.CC(=O)N1CCN(c2c[nH]c3ccccc23)CC1.CS(=O)(=O)N1CCC(C2CNc3ccccc32)CC1.CS(=O)(=O)N1CCN(c2c[nH]c3ccccc23)CC1. The topological polar surface area (TPSA) is 217 Å². The van der Waals surface area contributed by atoms with E-state index in [2.05, 4.69) is 119 Å². The lowest BCUT2D eigenvalue weighted by Gasteiger charge is -2.35. The molecule has 10 heterocycles. The number of fused-ring (bicyclic) bond motifs is 5. The van der Waals surface area contributed by atoms with Gasteiger partial charge in [-0.2, -0.15) is 4.31 Å². The number of aromatic amines is 3. The Kier molecular flexibility index (Phi) is 21.0. The van der Waals surface area contributed by atoms with Gasteiger partial charge in [0.1, 0.15) is 5.82 Å². The molecule has 5 fully saturated rings. The van der Waals surface area contributed by atoms with Crippen LogP contribution >= 0.6 is 0 Å². The molecule has 3 amide bonds. The van der Waals surface area contributed by atoms with E-state index in [9.17, 15) is 35.6 Å². The molecule has 0 radical (unpaired) electrons. The number of benzene rings is 5. The van der Waals surface area contributed by atoms with Crippen molar-refractivity contribution in [2.45, 2.75) is 58.3 Å². The number of rotatable bonds is 7. The zero-order valence-corrected chi connectivity index (χ0v) is 55.8. The first-order valence-corrected chi connectivity index (χ1v) is 36.4. The lowest BCUT2D eigenvalue weighted by molar-refractivity contribution is -0.130. The summed E-state index contributed by atoms with van der Waals surface area (Å²) in [6, 6.07) is 38.4. The fourth-order valence-corrected chi connectivity index (χ4v) is 16.2. The summed E-state index contributed by atoms with van der Waals surface area (Å²) in [7, 11) is -6.08. The second-order valence-electron chi connectivity index (χ2n) is 25.4. The number of hydrogen-bond acceptors (Lipinski definition) is 12. The molecule has 496 valence electrons. The Morgan fingerprint density at radius 2 is 0.753 bits per heavy atom. The van der Waals surface area contributed by atoms with Crippen molar-refractivity contribution in [1.29, 1.82) is 0 Å². The maximum absolute atomic E-state index is 13.2. The number of aromatic nitrogens is 3. The van der Waals surface area contributed by atoms with Gasteiger partial charge in [-0.25, -0.2) is 25.5 Å². The molecule has 2 atom stereocenters. The number of piperazine rings is 3. The minimum atomic E-state index is -3.06. The van der Waals surface area contributed by atoms with E-state index in [-0.39, 0.29) is 23.5 Å². The maximum atomic E-state index is 13.2. The summed E-state index contributed by atoms with van der Waals surface area (Å²) in [6.07, 6.45) is 12.8. The van der Waals surface area contributed by atoms with Crippen LogP contribution in [0.5, 0.6) is 0 Å². The molecule has 0 bridgehead atoms. The molecule has 2 unspecified atom stereocenters. The molecule has 0 spiro atoms. The number of anilines is 5. The Bertz CT molecular complexity index is 4100. The molecule has 0 aliphatic carbocycles. The zero-order chi connectivity index (χ0) is 65.4. The zero-order valence-electron chi connectivity index (χ0n) is 54.2. The largest absolute Gasteiger partial charge is 0.384 e. The molecule has 8 aromatic rings. The van der Waals surface area contributed by atoms with Crippen LogP contribution in [0, 0.1) is 17.7 Å². The van der Waals surface area contributed by atoms with Gasteiger partial charge in [0.2, 0.25) is 37.8 Å². The maximum Gasteiger partial charge on any atom is 0.219 e. The molecule has 5 saturated heterocycles. The van der Waals surface area contributed by atoms with Crippen molar-refractivity contribution in [3.63, 3.8) is 0 Å². The predicted molar refractivity (Wildman–Crippen MR) is 372 cm³/mol. The molecule has 3 aromatic heterocycles. The molecule has 20 nitrogen and oxygen atoms in total. The first-order chi connectivity index (χ1) is 44.8. The minimum absolute atomic E-state index is 0.126. The quantitative estimate of drug-likeness (QED) is 0.101. The molecule has 7 aliphatic rings. The van der Waals surface area contributed by atoms with Crippen molar-refractivity contribution in [2.24, 2.45) is 11.8 Å². The lowest BCUT2D eigenvalue weighted by atomic mass is 9.81. The van der Waals surface area contributed by atoms with E-state index in [1.54, 1.807) is 35.4 Å². The van der Waals surface area contributed by atoms with Gasteiger partial charge in [-0.1, -0.05) is 72.8 Å². The first-order valence-electron chi connectivity index (χ1n) is 32.7. The summed E-state index contributed by atoms with van der Waals surface area (Å²) in [5, 5.41) is 10.4. The fraction of sp³-hybridized carbons (Fsp3) is 0.443. The van der Waals surface area contributed by atoms with Crippen LogP contribution in [0.4, 0.5) is 32.8 Å². The third-order valence-corrected chi connectivity index (χ3v) is 22.4. The van der Waals surface area contributed by atoms with E-state index in [1.165, 1.54) is 69.1 Å². The van der Waals surface area contributed by atoms with Crippen LogP contribution in [0.1, 0.15) is 69.4 Å². The number of hydrogen-bond donors (Lipinski definition) is 5. The average Bonchev–Trinajstić information content (AvgIpc) is 1.91. The highest BCUT2D eigenvalue weighted by Crippen LogP contribution is 2.42. The van der Waals surface area contributed by atoms with Gasteiger partial charge in [0.15, 0.2) is 0 Å². The van der Waals surface area contributed by atoms with Crippen molar-refractivity contribution >= 4 is 98.9 Å². The van der Waals surface area contributed by atoms with Crippen molar-refractivity contribution in [1.82, 2.24) is 38.3 Å². The van der Waals surface area contributed by atoms with E-state index in [0.29, 0.717) is 43.9 Å². The smallest absolute Gasteiger partial charge is 0.219 e. The summed E-state index contributed by atoms with van der Waals surface area (Å²) >= 11 is 0. The molecule has 15 rings (SSSR count). The number of likely N-dealkylation sites (tertiary alicyclic amines) is 1. The Morgan fingerprint density at radius 1 is 0.409 bits per heavy atom. The van der Waals surface area contributed by atoms with Gasteiger partial charge in [-0.15, -0.1) is 0 Å². The van der Waals surface area contributed by atoms with Crippen molar-refractivity contribution < 1.29 is 35.6 Å². The minimum Gasteiger partial charge on any atom is -0.384 e. The van der Waals surface area contributed by atoms with Crippen LogP contribution in [-0.4, -0.2) is 203 Å². The average molecular weight is 1310 g/mol. The molecule has 7 aliphatic heterocycles. The molecule has 0 saturated carbocycles. The number of halogens is 1. The highest BCUT2D eigenvalue weighted by atomic mass is 32.2. The number of sulfonamides is 2. The Hall–Kier alpha value is -8.12. The molecule has 5 N–H and O–H groups in total. The lowest BCUT2D eigenvalue weighted by Crippen LogP contribution is -2.48. The van der Waals surface area contributed by atoms with Gasteiger partial charge in [0.05, 0.1) is 35.1 Å². The van der Waals surface area contributed by atoms with Crippen LogP contribution in [0.3, 0.4) is 0 Å². The molecular formula is C70H90FN13O7S2. The second-order valence-corrected chi connectivity index (χ2v) is 29.4. The molecule has 23 heteroatoms. The van der Waals surface area contributed by atoms with Gasteiger partial charge < -0.3 is 55.0 Å². The van der Waals surface area contributed by atoms with E-state index in [4.69, 9.17) is 0 Å². The number of carbonyl (C=O) groups excluding carboxylic acids is 3. The Balaban J connectivity index is 0.000000119. The van der Waals surface area contributed by atoms with E-state index >= 15 is 0 Å². The fourth-order valence-electron chi connectivity index (χ4n) is 14.5. The van der Waals surface area contributed by atoms with Crippen LogP contribution < -0.4 is 25.3 Å². The van der Waals surface area contributed by atoms with Gasteiger partial charge in [0.25, 0.3) is 0 Å². The Labute approximate surface area is 546 Å². The van der Waals surface area contributed by atoms with Crippen molar-refractivity contribution in [2.75, 3.05) is 156 Å².